The highest BCUT2D eigenvalue weighted by Crippen LogP contribution is 2.13. The number of hydrogen-bond acceptors (Lipinski definition) is 2. The second-order valence-corrected chi connectivity index (χ2v) is 2.67. The van der Waals surface area contributed by atoms with Crippen molar-refractivity contribution in [2.45, 2.75) is 5.62 Å². The number of likely N-dealkylation sites (N-methyl/N-ethyl adjacent to an activating group) is 2. The molecule has 0 saturated carbocycles. The number of nitrogens with zero attached hydrogens (tertiary/aromatic N) is 2. The lowest BCUT2D eigenvalue weighted by Crippen LogP contribution is -2.29. The molecule has 0 aliphatic carbocycles. The summed E-state index contributed by atoms with van der Waals surface area (Å²) < 4.78 is 0. The molecule has 1 atom stereocenters. The molecule has 1 aliphatic heterocycles. The second-order valence-electron chi connectivity index (χ2n) is 2.28. The number of rotatable bonds is 0. The van der Waals surface area contributed by atoms with Gasteiger partial charge >= 0.3 is 0 Å². The summed E-state index contributed by atoms with van der Waals surface area (Å²) >= 11 is 5.82. The normalized spacial score (nSPS) is 26.9. The Morgan fingerprint density at radius 2 is 2.10 bits per heavy atom. The van der Waals surface area contributed by atoms with E-state index in [1.807, 2.05) is 19.0 Å². The van der Waals surface area contributed by atoms with Crippen molar-refractivity contribution in [3.8, 4) is 0 Å². The van der Waals surface area contributed by atoms with Gasteiger partial charge in [-0.25, -0.2) is 0 Å². The molecule has 3 nitrogen and oxygen atoms in total. The van der Waals surface area contributed by atoms with Gasteiger partial charge in [0, 0.05) is 7.05 Å². The van der Waals surface area contributed by atoms with Crippen LogP contribution in [0.25, 0.3) is 0 Å². The third kappa shape index (κ3) is 1.54. The van der Waals surface area contributed by atoms with E-state index in [4.69, 9.17) is 17.0 Å². The molecule has 0 amide bonds. The fourth-order valence-electron chi connectivity index (χ4n) is 0.847. The maximum atomic E-state index is 7.32. The number of alkyl halides is 1. The molecule has 1 aliphatic rings. The summed E-state index contributed by atoms with van der Waals surface area (Å²) in [7, 11) is 3.72. The van der Waals surface area contributed by atoms with E-state index in [-0.39, 0.29) is 18.0 Å². The lowest BCUT2D eigenvalue weighted by atomic mass is 10.6. The van der Waals surface area contributed by atoms with Gasteiger partial charge in [0.1, 0.15) is 5.84 Å². The van der Waals surface area contributed by atoms with Crippen LogP contribution in [0.2, 0.25) is 0 Å². The van der Waals surface area contributed by atoms with E-state index in [2.05, 4.69) is 0 Å². The Labute approximate surface area is 71.9 Å². The summed E-state index contributed by atoms with van der Waals surface area (Å²) in [6.45, 7) is 0.657. The third-order valence-corrected chi connectivity index (χ3v) is 2.13. The molecule has 0 spiro atoms. The molecule has 1 fully saturated rings. The van der Waals surface area contributed by atoms with Crippen molar-refractivity contribution in [3.05, 3.63) is 0 Å². The zero-order valence-electron chi connectivity index (χ0n) is 5.97. The molecule has 0 aromatic rings. The predicted molar refractivity (Wildman–Crippen MR) is 45.0 cm³/mol. The fourth-order valence-corrected chi connectivity index (χ4v) is 1.03. The van der Waals surface area contributed by atoms with Gasteiger partial charge in [-0.05, 0) is 7.05 Å². The van der Waals surface area contributed by atoms with E-state index >= 15 is 0 Å². The van der Waals surface area contributed by atoms with Crippen LogP contribution < -0.4 is 0 Å². The number of hydrogen-bond donors (Lipinski definition) is 1. The van der Waals surface area contributed by atoms with Gasteiger partial charge in [0.2, 0.25) is 0 Å². The molecule has 60 valence electrons. The van der Waals surface area contributed by atoms with Crippen molar-refractivity contribution < 1.29 is 0 Å². The van der Waals surface area contributed by atoms with E-state index < -0.39 is 0 Å². The molecule has 1 saturated heterocycles. The maximum absolute atomic E-state index is 7.32. The molecule has 1 N–H and O–H groups in total. The van der Waals surface area contributed by atoms with Crippen LogP contribution in [0, 0.1) is 5.41 Å². The molecule has 5 heteroatoms. The van der Waals surface area contributed by atoms with Gasteiger partial charge in [-0.1, -0.05) is 11.6 Å². The minimum atomic E-state index is -0.127. The van der Waals surface area contributed by atoms with Crippen LogP contribution in [0.4, 0.5) is 0 Å². The summed E-state index contributed by atoms with van der Waals surface area (Å²) in [5.74, 6) is 0.581. The predicted octanol–water partition coefficient (Wildman–Crippen LogP) is 0.785. The largest absolute Gasteiger partial charge is 0.334 e. The molecule has 0 aromatic heterocycles. The molecule has 1 heterocycles. The fraction of sp³-hybridized carbons (Fsp3) is 0.800. The third-order valence-electron chi connectivity index (χ3n) is 1.51. The highest BCUT2D eigenvalue weighted by molar-refractivity contribution is 6.21. The Morgan fingerprint density at radius 3 is 2.20 bits per heavy atom. The Bertz CT molecular complexity index is 139. The van der Waals surface area contributed by atoms with E-state index in [9.17, 15) is 0 Å². The van der Waals surface area contributed by atoms with Gasteiger partial charge in [0.05, 0.1) is 6.54 Å². The second kappa shape index (κ2) is 3.42. The zero-order chi connectivity index (χ0) is 7.02. The van der Waals surface area contributed by atoms with Gasteiger partial charge in [-0.15, -0.1) is 12.4 Å². The van der Waals surface area contributed by atoms with Crippen molar-refractivity contribution in [2.24, 2.45) is 0 Å². The summed E-state index contributed by atoms with van der Waals surface area (Å²) in [5.41, 5.74) is -0.127. The summed E-state index contributed by atoms with van der Waals surface area (Å²) in [6.07, 6.45) is 0. The number of nitrogens with one attached hydrogen (secondary N) is 1. The summed E-state index contributed by atoms with van der Waals surface area (Å²) in [6, 6.07) is 0. The molecule has 0 radical (unpaired) electrons. The highest BCUT2D eigenvalue weighted by atomic mass is 35.5. The molecule has 1 rings (SSSR count). The van der Waals surface area contributed by atoms with Crippen molar-refractivity contribution in [1.29, 1.82) is 5.41 Å². The Kier molecular flexibility index (Phi) is 3.42. The maximum Gasteiger partial charge on any atom is 0.161 e. The molecular formula is C5H11Cl2N3. The first-order valence-corrected chi connectivity index (χ1v) is 3.21. The average molecular weight is 184 g/mol. The molecule has 0 aromatic carbocycles. The van der Waals surface area contributed by atoms with E-state index in [1.165, 1.54) is 0 Å². The van der Waals surface area contributed by atoms with Crippen LogP contribution >= 0.6 is 24.0 Å². The van der Waals surface area contributed by atoms with Gasteiger partial charge in [-0.2, -0.15) is 0 Å². The summed E-state index contributed by atoms with van der Waals surface area (Å²) in [5, 5.41) is 7.32. The van der Waals surface area contributed by atoms with Crippen molar-refractivity contribution in [2.75, 3.05) is 20.6 Å². The van der Waals surface area contributed by atoms with Crippen molar-refractivity contribution >= 4 is 29.8 Å². The van der Waals surface area contributed by atoms with Crippen LogP contribution in [0.3, 0.4) is 0 Å². The minimum Gasteiger partial charge on any atom is -0.334 e. The van der Waals surface area contributed by atoms with Crippen LogP contribution in [0.15, 0.2) is 0 Å². The Hall–Kier alpha value is 0.01000. The first-order valence-electron chi connectivity index (χ1n) is 2.77. The van der Waals surface area contributed by atoms with Crippen LogP contribution in [0.1, 0.15) is 0 Å². The molecule has 10 heavy (non-hydrogen) atoms. The van der Waals surface area contributed by atoms with Crippen molar-refractivity contribution in [1.82, 2.24) is 9.80 Å². The van der Waals surface area contributed by atoms with Crippen molar-refractivity contribution in [3.63, 3.8) is 0 Å². The topological polar surface area (TPSA) is 30.3 Å². The minimum absolute atomic E-state index is 0. The smallest absolute Gasteiger partial charge is 0.161 e. The van der Waals surface area contributed by atoms with Gasteiger partial charge in [0.25, 0.3) is 0 Å². The Morgan fingerprint density at radius 1 is 1.60 bits per heavy atom. The lowest BCUT2D eigenvalue weighted by molar-refractivity contribution is 0.289. The van der Waals surface area contributed by atoms with Crippen LogP contribution in [-0.4, -0.2) is 41.9 Å². The average Bonchev–Trinajstić information content (AvgIpc) is 1.98. The van der Waals surface area contributed by atoms with Gasteiger partial charge in [-0.3, -0.25) is 10.3 Å². The lowest BCUT2D eigenvalue weighted by Gasteiger charge is -2.17. The first kappa shape index (κ1) is 10.0. The quantitative estimate of drug-likeness (QED) is 0.445. The van der Waals surface area contributed by atoms with Crippen LogP contribution in [0.5, 0.6) is 0 Å². The highest BCUT2D eigenvalue weighted by Gasteiger charge is 2.27. The zero-order valence-corrected chi connectivity index (χ0v) is 7.54. The number of amidine groups is 1. The summed E-state index contributed by atoms with van der Waals surface area (Å²) in [4.78, 5) is 3.64. The molecular weight excluding hydrogens is 173 g/mol. The van der Waals surface area contributed by atoms with Crippen LogP contribution in [-0.2, 0) is 0 Å². The molecule has 0 bridgehead atoms. The van der Waals surface area contributed by atoms with E-state index in [0.717, 1.165) is 0 Å². The standard InChI is InChI=1S/C5H10ClN3.ClH/c1-8-3-4(7)9(2)5(8)6;/h5,7H,3H2,1-2H3;1H. The van der Waals surface area contributed by atoms with E-state index in [1.54, 1.807) is 4.90 Å². The monoisotopic (exact) mass is 183 g/mol. The van der Waals surface area contributed by atoms with E-state index in [0.29, 0.717) is 12.4 Å². The first-order chi connectivity index (χ1) is 4.13. The Balaban J connectivity index is 0.000000810. The SMILES string of the molecule is CN1CC(=N)N(C)C1Cl.Cl. The van der Waals surface area contributed by atoms with Gasteiger partial charge < -0.3 is 4.90 Å². The van der Waals surface area contributed by atoms with Gasteiger partial charge in [0.15, 0.2) is 5.62 Å². The number of halogens is 2. The molecule has 1 unspecified atom stereocenters.